The molecule has 0 aromatic rings. The number of methoxy groups -OCH3 is 3. The Morgan fingerprint density at radius 3 is 1.82 bits per heavy atom. The molecule has 10 heteroatoms. The first kappa shape index (κ1) is 49.5. The highest BCUT2D eigenvalue weighted by Crippen LogP contribution is 2.41. The molecule has 51 heavy (non-hydrogen) atoms. The molecule has 298 valence electrons. The van der Waals surface area contributed by atoms with Crippen LogP contribution in [0.25, 0.3) is 0 Å². The number of aliphatic hydroxyl groups is 2. The fraction of sp³-hybridized carbons (Fsp3) is 0.780. The van der Waals surface area contributed by atoms with Gasteiger partial charge in [0.2, 0.25) is 5.76 Å². The number of ether oxygens (including phenoxy) is 3. The quantitative estimate of drug-likeness (QED) is 0.0350. The topological polar surface area (TPSA) is 104 Å². The first-order chi connectivity index (χ1) is 23.5. The second-order valence-electron chi connectivity index (χ2n) is 16.4. The minimum Gasteiger partial charge on any atom is -0.490 e. The molecule has 0 rings (SSSR count). The van der Waals surface area contributed by atoms with E-state index in [4.69, 9.17) is 23.1 Å². The molecule has 0 aliphatic heterocycles. The average Bonchev–Trinajstić information content (AvgIpc) is 3.07. The monoisotopic (exact) mass is 755 g/mol. The summed E-state index contributed by atoms with van der Waals surface area (Å²) >= 11 is 0. The van der Waals surface area contributed by atoms with Crippen LogP contribution in [0.2, 0.25) is 36.3 Å². The van der Waals surface area contributed by atoms with Gasteiger partial charge in [0.05, 0.1) is 32.5 Å². The molecule has 0 spiro atoms. The van der Waals surface area contributed by atoms with E-state index in [9.17, 15) is 15.0 Å². The van der Waals surface area contributed by atoms with Gasteiger partial charge in [-0.05, 0) is 75.5 Å². The molecule has 0 aromatic heterocycles. The third-order valence-electron chi connectivity index (χ3n) is 11.5. The summed E-state index contributed by atoms with van der Waals surface area (Å²) < 4.78 is 29.8. The van der Waals surface area contributed by atoms with Crippen LogP contribution in [0.3, 0.4) is 0 Å². The van der Waals surface area contributed by atoms with Crippen LogP contribution >= 0.6 is 0 Å². The first-order valence-corrected chi connectivity index (χ1v) is 24.6. The number of hydrogen-bond acceptors (Lipinski definition) is 8. The second-order valence-corrected chi connectivity index (χ2v) is 25.8. The molecule has 2 N–H and O–H groups in total. The molecule has 0 aromatic carbocycles. The summed E-state index contributed by atoms with van der Waals surface area (Å²) in [5.41, 5.74) is 1.90. The van der Waals surface area contributed by atoms with Crippen LogP contribution in [0.1, 0.15) is 96.4 Å². The molecule has 0 amide bonds. The standard InChI is InChI=1S/C41H78O8Si2/c1-19-51(20-2,21-3)48-34(10)32(8)39(49-50(17,18)41(11,12)13)33(9)38(43)35(45-14)24-22-23-28(4)25-30(6)37(42)31(7)26-29(5)27-36(46-15)40(44)47-16/h22-24,26-27,30-35,37-39,42-43H,19-21,25H2,1-18H3/b24-22+,28-23+,29-26+,36-27-/t30-,31+,32+,33+,34+,35-,37-,38+,39-/m0/s1. The van der Waals surface area contributed by atoms with Crippen molar-refractivity contribution < 1.29 is 38.1 Å². The fourth-order valence-electron chi connectivity index (χ4n) is 6.42. The third kappa shape index (κ3) is 15.4. The predicted molar refractivity (Wildman–Crippen MR) is 218 cm³/mol. The molecule has 0 aliphatic carbocycles. The summed E-state index contributed by atoms with van der Waals surface area (Å²) in [6.07, 6.45) is 7.99. The Balaban J connectivity index is 6.03. The number of esters is 1. The summed E-state index contributed by atoms with van der Waals surface area (Å²) in [7, 11) is 0.341. The zero-order valence-corrected chi connectivity index (χ0v) is 37.8. The van der Waals surface area contributed by atoms with E-state index in [-0.39, 0.29) is 46.7 Å². The van der Waals surface area contributed by atoms with Crippen LogP contribution < -0.4 is 0 Å². The Bertz CT molecular complexity index is 1140. The maximum absolute atomic E-state index is 11.8. The number of carbonyl (C=O) groups excluding carboxylic acids is 1. The van der Waals surface area contributed by atoms with E-state index in [1.165, 1.54) is 14.2 Å². The van der Waals surface area contributed by atoms with Crippen LogP contribution in [0, 0.1) is 23.7 Å². The highest BCUT2D eigenvalue weighted by Gasteiger charge is 2.45. The van der Waals surface area contributed by atoms with E-state index in [2.05, 4.69) is 75.4 Å². The Morgan fingerprint density at radius 2 is 1.37 bits per heavy atom. The normalized spacial score (nSPS) is 19.6. The van der Waals surface area contributed by atoms with E-state index in [1.807, 2.05) is 52.0 Å². The molecule has 0 fully saturated rings. The van der Waals surface area contributed by atoms with E-state index in [1.54, 1.807) is 13.2 Å². The minimum atomic E-state index is -2.19. The lowest BCUT2D eigenvalue weighted by Gasteiger charge is -2.46. The van der Waals surface area contributed by atoms with E-state index < -0.39 is 40.9 Å². The molecular weight excluding hydrogens is 677 g/mol. The highest BCUT2D eigenvalue weighted by molar-refractivity contribution is 6.74. The Morgan fingerprint density at radius 1 is 0.824 bits per heavy atom. The zero-order valence-electron chi connectivity index (χ0n) is 35.8. The molecule has 0 unspecified atom stereocenters. The SMILES string of the molecule is CC[Si](CC)(CC)O[C@H](C)[C@@H](C)[C@H](O[Si](C)(C)C(C)(C)C)[C@H](C)[C@@H](O)[C@H](/C=C/C=C(\C)C[C@H](C)[C@H](O)[C@H](C)/C=C(C)/C=C(\OC)C(=O)OC)OC. The lowest BCUT2D eigenvalue weighted by atomic mass is 9.84. The van der Waals surface area contributed by atoms with Gasteiger partial charge in [0.15, 0.2) is 16.6 Å². The summed E-state index contributed by atoms with van der Waals surface area (Å²) in [4.78, 5) is 11.8. The minimum absolute atomic E-state index is 0.00155. The van der Waals surface area contributed by atoms with Gasteiger partial charge in [-0.15, -0.1) is 0 Å². The molecule has 8 nitrogen and oxygen atoms in total. The molecule has 0 saturated carbocycles. The summed E-state index contributed by atoms with van der Waals surface area (Å²) in [5, 5.41) is 22.9. The third-order valence-corrected chi connectivity index (χ3v) is 20.7. The van der Waals surface area contributed by atoms with Gasteiger partial charge in [0.25, 0.3) is 0 Å². The van der Waals surface area contributed by atoms with Crippen molar-refractivity contribution in [2.45, 2.75) is 163 Å². The smallest absolute Gasteiger partial charge is 0.373 e. The number of carbonyl (C=O) groups is 1. The predicted octanol–water partition coefficient (Wildman–Crippen LogP) is 9.61. The van der Waals surface area contributed by atoms with Gasteiger partial charge in [-0.3, -0.25) is 0 Å². The van der Waals surface area contributed by atoms with Crippen molar-refractivity contribution in [1.29, 1.82) is 0 Å². The summed E-state index contributed by atoms with van der Waals surface area (Å²) in [5.74, 6) is -0.736. The Kier molecular flexibility index (Phi) is 21.9. The van der Waals surface area contributed by atoms with Gasteiger partial charge in [0, 0.05) is 31.0 Å². The first-order valence-electron chi connectivity index (χ1n) is 19.1. The zero-order chi connectivity index (χ0) is 39.9. The molecule has 9 atom stereocenters. The van der Waals surface area contributed by atoms with E-state index in [0.29, 0.717) is 6.42 Å². The van der Waals surface area contributed by atoms with Crippen molar-refractivity contribution in [2.24, 2.45) is 23.7 Å². The van der Waals surface area contributed by atoms with Crippen molar-refractivity contribution in [2.75, 3.05) is 21.3 Å². The van der Waals surface area contributed by atoms with Gasteiger partial charge >= 0.3 is 5.97 Å². The fourth-order valence-corrected chi connectivity index (χ4v) is 10.9. The van der Waals surface area contributed by atoms with Gasteiger partial charge in [0.1, 0.15) is 6.10 Å². The van der Waals surface area contributed by atoms with E-state index >= 15 is 0 Å². The van der Waals surface area contributed by atoms with Crippen molar-refractivity contribution in [3.05, 3.63) is 47.3 Å². The number of allylic oxidation sites excluding steroid dienone is 5. The van der Waals surface area contributed by atoms with Crippen LogP contribution in [0.5, 0.6) is 0 Å². The van der Waals surface area contributed by atoms with Crippen LogP contribution in [-0.4, -0.2) is 84.7 Å². The second kappa shape index (κ2) is 22.6. The highest BCUT2D eigenvalue weighted by atomic mass is 28.4. The maximum atomic E-state index is 11.8. The van der Waals surface area contributed by atoms with Gasteiger partial charge < -0.3 is 33.3 Å². The number of hydrogen-bond donors (Lipinski definition) is 2. The van der Waals surface area contributed by atoms with Gasteiger partial charge in [-0.1, -0.05) is 105 Å². The summed E-state index contributed by atoms with van der Waals surface area (Å²) in [6.45, 7) is 32.5. The lowest BCUT2D eigenvalue weighted by Crippen LogP contribution is -2.53. The van der Waals surface area contributed by atoms with Gasteiger partial charge in [-0.25, -0.2) is 4.79 Å². The van der Waals surface area contributed by atoms with Crippen molar-refractivity contribution in [3.63, 3.8) is 0 Å². The molecule has 0 aliphatic rings. The van der Waals surface area contributed by atoms with Crippen LogP contribution in [-0.2, 0) is 27.9 Å². The maximum Gasteiger partial charge on any atom is 0.373 e. The molecule has 0 saturated heterocycles. The molecular formula is C41H78O8Si2. The number of aliphatic hydroxyl groups excluding tert-OH is 2. The van der Waals surface area contributed by atoms with Crippen LogP contribution in [0.4, 0.5) is 0 Å². The lowest BCUT2D eigenvalue weighted by molar-refractivity contribution is -0.139. The number of rotatable bonds is 23. The molecule has 0 heterocycles. The molecule has 0 bridgehead atoms. The average molecular weight is 755 g/mol. The van der Waals surface area contributed by atoms with Crippen molar-refractivity contribution >= 4 is 22.6 Å². The van der Waals surface area contributed by atoms with Crippen molar-refractivity contribution in [1.82, 2.24) is 0 Å². The van der Waals surface area contributed by atoms with Crippen LogP contribution in [0.15, 0.2) is 47.3 Å². The van der Waals surface area contributed by atoms with E-state index in [0.717, 1.165) is 29.3 Å². The largest absolute Gasteiger partial charge is 0.490 e. The Hall–Kier alpha value is -1.54. The van der Waals surface area contributed by atoms with Gasteiger partial charge in [-0.2, -0.15) is 0 Å². The molecule has 0 radical (unpaired) electrons. The Labute approximate surface area is 315 Å². The summed E-state index contributed by atoms with van der Waals surface area (Å²) in [6, 6.07) is 3.27. The van der Waals surface area contributed by atoms with Crippen molar-refractivity contribution in [3.8, 4) is 0 Å².